The fraction of sp³-hybridized carbons (Fsp3) is 0.474. The number of hydrogen-bond acceptors (Lipinski definition) is 2. The number of rotatable bonds is 5. The minimum absolute atomic E-state index is 0.485. The van der Waals surface area contributed by atoms with E-state index >= 15 is 0 Å². The van der Waals surface area contributed by atoms with E-state index in [1.165, 1.54) is 36.6 Å². The Hall–Kier alpha value is -2.10. The van der Waals surface area contributed by atoms with Crippen LogP contribution in [-0.2, 0) is 6.54 Å². The number of pyridine rings is 1. The smallest absolute Gasteiger partial charge is 0.191 e. The van der Waals surface area contributed by atoms with Crippen molar-refractivity contribution in [1.82, 2.24) is 15.6 Å². The van der Waals surface area contributed by atoms with E-state index in [1.807, 2.05) is 19.3 Å². The summed E-state index contributed by atoms with van der Waals surface area (Å²) in [7, 11) is 1.83. The van der Waals surface area contributed by atoms with E-state index in [-0.39, 0.29) is 0 Å². The van der Waals surface area contributed by atoms with Gasteiger partial charge in [-0.1, -0.05) is 37.6 Å². The maximum atomic E-state index is 4.51. The van der Waals surface area contributed by atoms with E-state index in [0.717, 1.165) is 24.6 Å². The fourth-order valence-corrected chi connectivity index (χ4v) is 3.31. The Labute approximate surface area is 138 Å². The predicted molar refractivity (Wildman–Crippen MR) is 96.5 cm³/mol. The molecular weight excluding hydrogens is 284 g/mol. The monoisotopic (exact) mass is 310 g/mol. The standard InChI is InChI=1S/C19H26N4/c1-3-19(10-6-11-19)14-23-18(20-2)22-13-16-8-4-7-15-9-5-12-21-17(15)16/h4-5,7-9,12H,3,6,10-11,13-14H2,1-2H3,(H2,20,22,23). The number of aliphatic imine (C=N–C) groups is 1. The Morgan fingerprint density at radius 1 is 1.22 bits per heavy atom. The number of fused-ring (bicyclic) bond motifs is 1. The third-order valence-electron chi connectivity index (χ3n) is 5.18. The number of nitrogens with zero attached hydrogens (tertiary/aromatic N) is 2. The number of guanidine groups is 1. The minimum Gasteiger partial charge on any atom is -0.356 e. The molecule has 0 aliphatic heterocycles. The summed E-state index contributed by atoms with van der Waals surface area (Å²) in [4.78, 5) is 8.86. The first-order chi connectivity index (χ1) is 11.3. The van der Waals surface area contributed by atoms with Crippen molar-refractivity contribution in [3.8, 4) is 0 Å². The van der Waals surface area contributed by atoms with E-state index in [4.69, 9.17) is 0 Å². The molecule has 122 valence electrons. The molecule has 1 heterocycles. The van der Waals surface area contributed by atoms with Crippen LogP contribution in [0, 0.1) is 5.41 Å². The van der Waals surface area contributed by atoms with Gasteiger partial charge < -0.3 is 10.6 Å². The van der Waals surface area contributed by atoms with Crippen LogP contribution in [0.5, 0.6) is 0 Å². The molecule has 4 heteroatoms. The Bertz CT molecular complexity index is 678. The molecule has 1 aliphatic carbocycles. The van der Waals surface area contributed by atoms with Gasteiger partial charge >= 0.3 is 0 Å². The van der Waals surface area contributed by atoms with Gasteiger partial charge in [0.25, 0.3) is 0 Å². The summed E-state index contributed by atoms with van der Waals surface area (Å²) in [5, 5.41) is 8.10. The van der Waals surface area contributed by atoms with Crippen LogP contribution in [0.2, 0.25) is 0 Å². The second kappa shape index (κ2) is 6.99. The second-order valence-corrected chi connectivity index (χ2v) is 6.48. The van der Waals surface area contributed by atoms with E-state index < -0.39 is 0 Å². The number of aromatic nitrogens is 1. The highest BCUT2D eigenvalue weighted by Gasteiger charge is 2.34. The Kier molecular flexibility index (Phi) is 4.79. The average Bonchev–Trinajstić information content (AvgIpc) is 2.57. The summed E-state index contributed by atoms with van der Waals surface area (Å²) >= 11 is 0. The molecular formula is C19H26N4. The zero-order chi connectivity index (χ0) is 16.1. The van der Waals surface area contributed by atoms with Crippen molar-refractivity contribution in [3.63, 3.8) is 0 Å². The first kappa shape index (κ1) is 15.8. The zero-order valence-corrected chi connectivity index (χ0v) is 14.1. The molecule has 0 atom stereocenters. The molecule has 0 saturated heterocycles. The summed E-state index contributed by atoms with van der Waals surface area (Å²) < 4.78 is 0. The molecule has 1 aliphatic rings. The fourth-order valence-electron chi connectivity index (χ4n) is 3.31. The van der Waals surface area contributed by atoms with Gasteiger partial charge in [-0.05, 0) is 36.3 Å². The van der Waals surface area contributed by atoms with Gasteiger partial charge in [0.1, 0.15) is 0 Å². The number of hydrogen-bond donors (Lipinski definition) is 2. The van der Waals surface area contributed by atoms with Gasteiger partial charge in [0.05, 0.1) is 5.52 Å². The summed E-state index contributed by atoms with van der Waals surface area (Å²) in [6, 6.07) is 10.4. The van der Waals surface area contributed by atoms with Crippen molar-refractivity contribution >= 4 is 16.9 Å². The molecule has 1 aromatic heterocycles. The third kappa shape index (κ3) is 3.46. The van der Waals surface area contributed by atoms with Gasteiger partial charge in [0.2, 0.25) is 0 Å². The Balaban J connectivity index is 1.61. The topological polar surface area (TPSA) is 49.3 Å². The lowest BCUT2D eigenvalue weighted by molar-refractivity contribution is 0.131. The lowest BCUT2D eigenvalue weighted by atomic mass is 9.67. The van der Waals surface area contributed by atoms with Gasteiger partial charge in [-0.3, -0.25) is 9.98 Å². The molecule has 2 aromatic rings. The maximum absolute atomic E-state index is 4.51. The molecule has 23 heavy (non-hydrogen) atoms. The van der Waals surface area contributed by atoms with Crippen LogP contribution in [0.1, 0.15) is 38.2 Å². The lowest BCUT2D eigenvalue weighted by Gasteiger charge is -2.41. The van der Waals surface area contributed by atoms with Crippen LogP contribution in [0.25, 0.3) is 10.9 Å². The number of benzene rings is 1. The maximum Gasteiger partial charge on any atom is 0.191 e. The molecule has 0 unspecified atom stereocenters. The molecule has 0 radical (unpaired) electrons. The van der Waals surface area contributed by atoms with Crippen molar-refractivity contribution in [2.24, 2.45) is 10.4 Å². The van der Waals surface area contributed by atoms with Crippen molar-refractivity contribution in [2.45, 2.75) is 39.2 Å². The van der Waals surface area contributed by atoms with E-state index in [1.54, 1.807) is 0 Å². The number of para-hydroxylation sites is 1. The Morgan fingerprint density at radius 3 is 2.74 bits per heavy atom. The summed E-state index contributed by atoms with van der Waals surface area (Å²) in [5.74, 6) is 0.873. The summed E-state index contributed by atoms with van der Waals surface area (Å²) in [6.45, 7) is 4.03. The number of nitrogens with one attached hydrogen (secondary N) is 2. The molecule has 0 spiro atoms. The minimum atomic E-state index is 0.485. The van der Waals surface area contributed by atoms with Crippen molar-refractivity contribution in [1.29, 1.82) is 0 Å². The van der Waals surface area contributed by atoms with Gasteiger partial charge in [0, 0.05) is 31.7 Å². The van der Waals surface area contributed by atoms with Crippen molar-refractivity contribution < 1.29 is 0 Å². The van der Waals surface area contributed by atoms with Crippen LogP contribution < -0.4 is 10.6 Å². The molecule has 2 N–H and O–H groups in total. The van der Waals surface area contributed by atoms with Crippen LogP contribution >= 0.6 is 0 Å². The van der Waals surface area contributed by atoms with Gasteiger partial charge in [-0.25, -0.2) is 0 Å². The normalized spacial score (nSPS) is 16.9. The van der Waals surface area contributed by atoms with Crippen molar-refractivity contribution in [2.75, 3.05) is 13.6 Å². The van der Waals surface area contributed by atoms with Gasteiger partial charge in [-0.15, -0.1) is 0 Å². The predicted octanol–water partition coefficient (Wildman–Crippen LogP) is 3.48. The van der Waals surface area contributed by atoms with E-state index in [9.17, 15) is 0 Å². The van der Waals surface area contributed by atoms with Crippen LogP contribution in [-0.4, -0.2) is 24.5 Å². The second-order valence-electron chi connectivity index (χ2n) is 6.48. The quantitative estimate of drug-likeness (QED) is 0.656. The highest BCUT2D eigenvalue weighted by Crippen LogP contribution is 2.42. The van der Waals surface area contributed by atoms with E-state index in [0.29, 0.717) is 5.41 Å². The molecule has 1 saturated carbocycles. The molecule has 0 bridgehead atoms. The Morgan fingerprint density at radius 2 is 2.04 bits per heavy atom. The van der Waals surface area contributed by atoms with Crippen LogP contribution in [0.3, 0.4) is 0 Å². The molecule has 0 amide bonds. The third-order valence-corrected chi connectivity index (χ3v) is 5.18. The first-order valence-electron chi connectivity index (χ1n) is 8.53. The van der Waals surface area contributed by atoms with Crippen LogP contribution in [0.15, 0.2) is 41.5 Å². The summed E-state index contributed by atoms with van der Waals surface area (Å²) in [5.41, 5.74) is 2.74. The highest BCUT2D eigenvalue weighted by atomic mass is 15.2. The zero-order valence-electron chi connectivity index (χ0n) is 14.1. The van der Waals surface area contributed by atoms with Gasteiger partial charge in [0.15, 0.2) is 5.96 Å². The van der Waals surface area contributed by atoms with Crippen LogP contribution in [0.4, 0.5) is 0 Å². The molecule has 4 nitrogen and oxygen atoms in total. The molecule has 1 aromatic carbocycles. The SMILES string of the molecule is CCC1(CNC(=NC)NCc2cccc3cccnc23)CCC1. The van der Waals surface area contributed by atoms with E-state index in [2.05, 4.69) is 51.8 Å². The first-order valence-corrected chi connectivity index (χ1v) is 8.53. The van der Waals surface area contributed by atoms with Crippen molar-refractivity contribution in [3.05, 3.63) is 42.1 Å². The largest absolute Gasteiger partial charge is 0.356 e. The highest BCUT2D eigenvalue weighted by molar-refractivity contribution is 5.83. The lowest BCUT2D eigenvalue weighted by Crippen LogP contribution is -2.46. The molecule has 3 rings (SSSR count). The van der Waals surface area contributed by atoms with Gasteiger partial charge in [-0.2, -0.15) is 0 Å². The molecule has 1 fully saturated rings. The average molecular weight is 310 g/mol. The summed E-state index contributed by atoms with van der Waals surface area (Å²) in [6.07, 6.45) is 7.12.